The van der Waals surface area contributed by atoms with Crippen LogP contribution in [0.2, 0.25) is 0 Å². The number of benzene rings is 3. The van der Waals surface area contributed by atoms with E-state index in [4.69, 9.17) is 4.74 Å². The molecule has 0 amide bonds. The van der Waals surface area contributed by atoms with Crippen LogP contribution in [0.25, 0.3) is 16.7 Å². The minimum atomic E-state index is -0.0344. The molecule has 0 aliphatic heterocycles. The molecule has 0 spiro atoms. The van der Waals surface area contributed by atoms with Crippen LogP contribution in [-0.4, -0.2) is 12.7 Å². The maximum absolute atomic E-state index is 6.14. The highest BCUT2D eigenvalue weighted by molar-refractivity contribution is 6.19. The van der Waals surface area contributed by atoms with Crippen LogP contribution in [0, 0.1) is 0 Å². The van der Waals surface area contributed by atoms with Crippen molar-refractivity contribution in [2.24, 2.45) is 0 Å². The van der Waals surface area contributed by atoms with Crippen molar-refractivity contribution in [2.75, 3.05) is 6.61 Å². The fraction of sp³-hybridized carbons (Fsp3) is 0.120. The third-order valence-corrected chi connectivity index (χ3v) is 4.72. The molecule has 1 aliphatic carbocycles. The predicted molar refractivity (Wildman–Crippen MR) is 110 cm³/mol. The highest BCUT2D eigenvalue weighted by Gasteiger charge is 2.29. The normalized spacial score (nSPS) is 16.7. The maximum Gasteiger partial charge on any atom is 0.103 e. The van der Waals surface area contributed by atoms with Crippen LogP contribution in [-0.2, 0) is 4.74 Å². The Balaban J connectivity index is 1.96. The van der Waals surface area contributed by atoms with Crippen molar-refractivity contribution in [3.63, 3.8) is 0 Å². The van der Waals surface area contributed by atoms with Crippen molar-refractivity contribution >= 4 is 16.7 Å². The van der Waals surface area contributed by atoms with E-state index in [9.17, 15) is 0 Å². The molecule has 3 aromatic carbocycles. The van der Waals surface area contributed by atoms with Crippen molar-refractivity contribution in [1.29, 1.82) is 0 Å². The molecule has 0 bridgehead atoms. The second-order valence-corrected chi connectivity index (χ2v) is 6.34. The fourth-order valence-electron chi connectivity index (χ4n) is 3.62. The van der Waals surface area contributed by atoms with Gasteiger partial charge in [-0.15, -0.1) is 0 Å². The number of rotatable bonds is 5. The molecule has 128 valence electrons. The summed E-state index contributed by atoms with van der Waals surface area (Å²) >= 11 is 0. The molecule has 26 heavy (non-hydrogen) atoms. The first-order chi connectivity index (χ1) is 12.9. The smallest absolute Gasteiger partial charge is 0.103 e. The number of hydrogen-bond acceptors (Lipinski definition) is 1. The minimum absolute atomic E-state index is 0.0344. The first-order valence-corrected chi connectivity index (χ1v) is 9.12. The molecular weight excluding hydrogens is 316 g/mol. The van der Waals surface area contributed by atoms with Crippen molar-refractivity contribution < 1.29 is 4.74 Å². The molecule has 3 aromatic rings. The van der Waals surface area contributed by atoms with E-state index in [1.165, 1.54) is 33.4 Å². The zero-order chi connectivity index (χ0) is 17.8. The van der Waals surface area contributed by atoms with Crippen LogP contribution in [0.4, 0.5) is 0 Å². The zero-order valence-corrected chi connectivity index (χ0v) is 14.9. The molecule has 0 aromatic heterocycles. The second kappa shape index (κ2) is 7.55. The highest BCUT2D eigenvalue weighted by atomic mass is 16.5. The monoisotopic (exact) mass is 338 g/mol. The van der Waals surface area contributed by atoms with Gasteiger partial charge in [-0.05, 0) is 40.8 Å². The van der Waals surface area contributed by atoms with Gasteiger partial charge in [-0.2, -0.15) is 0 Å². The Morgan fingerprint density at radius 3 is 1.69 bits per heavy atom. The molecule has 1 atom stereocenters. The lowest BCUT2D eigenvalue weighted by Gasteiger charge is -2.17. The van der Waals surface area contributed by atoms with Gasteiger partial charge in [0.25, 0.3) is 0 Å². The van der Waals surface area contributed by atoms with E-state index in [0.717, 1.165) is 0 Å². The van der Waals surface area contributed by atoms with Gasteiger partial charge in [-0.3, -0.25) is 0 Å². The van der Waals surface area contributed by atoms with Crippen molar-refractivity contribution in [1.82, 2.24) is 0 Å². The summed E-state index contributed by atoms with van der Waals surface area (Å²) in [7, 11) is 0. The molecule has 0 N–H and O–H groups in total. The first-order valence-electron chi connectivity index (χ1n) is 9.12. The van der Waals surface area contributed by atoms with Crippen molar-refractivity contribution in [3.05, 3.63) is 114 Å². The number of ether oxygens (including phenoxy) is 1. The third kappa shape index (κ3) is 3.14. The SMILES string of the molecule is CCOC1C=C(c2ccccc2)C(c2ccccc2)=C1c1ccccc1. The molecule has 0 radical (unpaired) electrons. The molecular formula is C25H22O. The molecule has 4 rings (SSSR count). The molecule has 1 unspecified atom stereocenters. The molecule has 1 aliphatic rings. The number of hydrogen-bond donors (Lipinski definition) is 0. The lowest BCUT2D eigenvalue weighted by molar-refractivity contribution is 0.136. The molecule has 0 saturated carbocycles. The number of allylic oxidation sites excluding steroid dienone is 2. The summed E-state index contributed by atoms with van der Waals surface area (Å²) in [6, 6.07) is 31.8. The lowest BCUT2D eigenvalue weighted by Crippen LogP contribution is -2.10. The summed E-state index contributed by atoms with van der Waals surface area (Å²) < 4.78 is 6.14. The predicted octanol–water partition coefficient (Wildman–Crippen LogP) is 6.10. The molecule has 0 fully saturated rings. The van der Waals surface area contributed by atoms with Gasteiger partial charge in [-0.1, -0.05) is 91.0 Å². The van der Waals surface area contributed by atoms with E-state index in [2.05, 4.69) is 104 Å². The van der Waals surface area contributed by atoms with Gasteiger partial charge < -0.3 is 4.74 Å². The summed E-state index contributed by atoms with van der Waals surface area (Å²) in [4.78, 5) is 0. The van der Waals surface area contributed by atoms with Gasteiger partial charge in [0.2, 0.25) is 0 Å². The second-order valence-electron chi connectivity index (χ2n) is 6.34. The van der Waals surface area contributed by atoms with Crippen LogP contribution in [0.15, 0.2) is 97.1 Å². The molecule has 1 nitrogen and oxygen atoms in total. The average molecular weight is 338 g/mol. The Hall–Kier alpha value is -2.90. The van der Waals surface area contributed by atoms with Crippen LogP contribution in [0.1, 0.15) is 23.6 Å². The van der Waals surface area contributed by atoms with Gasteiger partial charge in [0.05, 0.1) is 0 Å². The van der Waals surface area contributed by atoms with E-state index >= 15 is 0 Å². The first kappa shape index (κ1) is 16.6. The minimum Gasteiger partial charge on any atom is -0.370 e. The van der Waals surface area contributed by atoms with Gasteiger partial charge in [0, 0.05) is 12.2 Å². The topological polar surface area (TPSA) is 9.23 Å². The Kier molecular flexibility index (Phi) is 4.81. The quantitative estimate of drug-likeness (QED) is 0.546. The van der Waals surface area contributed by atoms with Crippen LogP contribution >= 0.6 is 0 Å². The summed E-state index contributed by atoms with van der Waals surface area (Å²) in [5, 5.41) is 0. The van der Waals surface area contributed by atoms with Crippen molar-refractivity contribution in [2.45, 2.75) is 13.0 Å². The largest absolute Gasteiger partial charge is 0.370 e. The van der Waals surface area contributed by atoms with E-state index in [1.54, 1.807) is 0 Å². The Morgan fingerprint density at radius 2 is 1.15 bits per heavy atom. The Labute approximate surface area is 155 Å². The summed E-state index contributed by atoms with van der Waals surface area (Å²) in [6.45, 7) is 2.74. The summed E-state index contributed by atoms with van der Waals surface area (Å²) in [6.07, 6.45) is 2.23. The van der Waals surface area contributed by atoms with Gasteiger partial charge in [0.1, 0.15) is 6.10 Å². The van der Waals surface area contributed by atoms with E-state index < -0.39 is 0 Å². The van der Waals surface area contributed by atoms with Gasteiger partial charge in [-0.25, -0.2) is 0 Å². The van der Waals surface area contributed by atoms with Gasteiger partial charge >= 0.3 is 0 Å². The maximum atomic E-state index is 6.14. The molecule has 1 heteroatoms. The fourth-order valence-corrected chi connectivity index (χ4v) is 3.62. The Bertz CT molecular complexity index is 922. The zero-order valence-electron chi connectivity index (χ0n) is 14.9. The molecule has 0 saturated heterocycles. The Morgan fingerprint density at radius 1 is 0.654 bits per heavy atom. The summed E-state index contributed by atoms with van der Waals surface area (Å²) in [5.74, 6) is 0. The van der Waals surface area contributed by atoms with Crippen molar-refractivity contribution in [3.8, 4) is 0 Å². The van der Waals surface area contributed by atoms with Gasteiger partial charge in [0.15, 0.2) is 0 Å². The van der Waals surface area contributed by atoms with E-state index in [-0.39, 0.29) is 6.10 Å². The van der Waals surface area contributed by atoms with E-state index in [1.807, 2.05) is 0 Å². The van der Waals surface area contributed by atoms with Crippen LogP contribution < -0.4 is 0 Å². The third-order valence-electron chi connectivity index (χ3n) is 4.72. The highest BCUT2D eigenvalue weighted by Crippen LogP contribution is 2.45. The standard InChI is InChI=1S/C25H22O/c1-2-26-23-18-22(19-12-6-3-7-13-19)24(20-14-8-4-9-15-20)25(23)21-16-10-5-11-17-21/h3-18,23H,2H2,1H3. The molecule has 0 heterocycles. The average Bonchev–Trinajstić information content (AvgIpc) is 3.09. The van der Waals surface area contributed by atoms with E-state index in [0.29, 0.717) is 6.61 Å². The van der Waals surface area contributed by atoms with Crippen LogP contribution in [0.3, 0.4) is 0 Å². The summed E-state index contributed by atoms with van der Waals surface area (Å²) in [5.41, 5.74) is 7.42. The van der Waals surface area contributed by atoms with Crippen LogP contribution in [0.5, 0.6) is 0 Å². The lowest BCUT2D eigenvalue weighted by atomic mass is 9.90.